The Hall–Kier alpha value is -3.71. The van der Waals surface area contributed by atoms with Gasteiger partial charge in [0.05, 0.1) is 25.0 Å². The maximum Gasteiger partial charge on any atom is 0.283 e. The molecule has 0 amide bonds. The summed E-state index contributed by atoms with van der Waals surface area (Å²) >= 11 is 1.40. The van der Waals surface area contributed by atoms with Crippen LogP contribution in [-0.2, 0) is 0 Å². The second-order valence-corrected chi connectivity index (χ2v) is 7.21. The second kappa shape index (κ2) is 7.03. The molecule has 0 fully saturated rings. The predicted octanol–water partition coefficient (Wildman–Crippen LogP) is 4.76. The fourth-order valence-corrected chi connectivity index (χ4v) is 4.21. The monoisotopic (exact) mass is 401 g/mol. The van der Waals surface area contributed by atoms with E-state index in [1.807, 2.05) is 47.8 Å². The summed E-state index contributed by atoms with van der Waals surface area (Å²) in [5.41, 5.74) is 1.27. The molecular formula is C22H15N3O3S. The van der Waals surface area contributed by atoms with Crippen molar-refractivity contribution in [2.24, 2.45) is 5.10 Å². The van der Waals surface area contributed by atoms with Gasteiger partial charge in [-0.2, -0.15) is 9.78 Å². The summed E-state index contributed by atoms with van der Waals surface area (Å²) in [6.07, 6.45) is 4.65. The van der Waals surface area contributed by atoms with Crippen LogP contribution in [0.2, 0.25) is 0 Å². The van der Waals surface area contributed by atoms with Crippen LogP contribution in [0.1, 0.15) is 5.56 Å². The zero-order chi connectivity index (χ0) is 19.8. The van der Waals surface area contributed by atoms with Gasteiger partial charge in [0.1, 0.15) is 22.7 Å². The van der Waals surface area contributed by atoms with Gasteiger partial charge < -0.3 is 9.15 Å². The third-order valence-electron chi connectivity index (χ3n) is 4.73. The summed E-state index contributed by atoms with van der Waals surface area (Å²) in [4.78, 5) is 18.1. The SMILES string of the molecule is COc1ccc2ccccc2c1/C=N\n1cnc2scc(-c3ccco3)c2c1=O. The van der Waals surface area contributed by atoms with Gasteiger partial charge in [-0.1, -0.05) is 30.3 Å². The van der Waals surface area contributed by atoms with E-state index in [2.05, 4.69) is 10.1 Å². The molecule has 0 N–H and O–H groups in total. The minimum atomic E-state index is -0.252. The Labute approximate surface area is 169 Å². The summed E-state index contributed by atoms with van der Waals surface area (Å²) in [6.45, 7) is 0. The van der Waals surface area contributed by atoms with Crippen LogP contribution in [0.25, 0.3) is 32.3 Å². The van der Waals surface area contributed by atoms with E-state index in [0.29, 0.717) is 21.7 Å². The molecule has 0 atom stereocenters. The van der Waals surface area contributed by atoms with Crippen molar-refractivity contribution < 1.29 is 9.15 Å². The lowest BCUT2D eigenvalue weighted by molar-refractivity contribution is 0.415. The van der Waals surface area contributed by atoms with Gasteiger partial charge in [0.15, 0.2) is 0 Å². The molecule has 0 aliphatic rings. The number of ether oxygens (including phenoxy) is 1. The first kappa shape index (κ1) is 17.4. The van der Waals surface area contributed by atoms with E-state index >= 15 is 0 Å². The molecular weight excluding hydrogens is 386 g/mol. The second-order valence-electron chi connectivity index (χ2n) is 6.35. The standard InChI is InChI=1S/C22H15N3O3S/c1-27-18-9-8-14-5-2-3-6-15(14)16(18)11-24-25-13-23-21-20(22(25)26)17(12-29-21)19-7-4-10-28-19/h2-13H,1H3/b24-11-. The lowest BCUT2D eigenvalue weighted by Crippen LogP contribution is -2.16. The third kappa shape index (κ3) is 2.92. The number of rotatable bonds is 4. The van der Waals surface area contributed by atoms with Crippen molar-refractivity contribution in [3.8, 4) is 17.1 Å². The highest BCUT2D eigenvalue weighted by Crippen LogP contribution is 2.31. The van der Waals surface area contributed by atoms with Crippen molar-refractivity contribution in [2.75, 3.05) is 7.11 Å². The molecule has 0 saturated heterocycles. The average molecular weight is 401 g/mol. The molecule has 0 saturated carbocycles. The largest absolute Gasteiger partial charge is 0.496 e. The van der Waals surface area contributed by atoms with Crippen molar-refractivity contribution in [3.05, 3.63) is 82.4 Å². The quantitative estimate of drug-likeness (QED) is 0.407. The Morgan fingerprint density at radius 1 is 1.17 bits per heavy atom. The lowest BCUT2D eigenvalue weighted by Gasteiger charge is -2.08. The molecule has 6 nitrogen and oxygen atoms in total. The molecule has 142 valence electrons. The summed E-state index contributed by atoms with van der Waals surface area (Å²) in [6, 6.07) is 15.4. The Bertz CT molecular complexity index is 1410. The van der Waals surface area contributed by atoms with Gasteiger partial charge in [-0.05, 0) is 29.0 Å². The molecule has 3 aromatic heterocycles. The molecule has 5 aromatic rings. The summed E-state index contributed by atoms with van der Waals surface area (Å²) in [5.74, 6) is 1.31. The number of nitrogens with zero attached hydrogens (tertiary/aromatic N) is 3. The zero-order valence-corrected chi connectivity index (χ0v) is 16.2. The van der Waals surface area contributed by atoms with Crippen molar-refractivity contribution in [2.45, 2.75) is 0 Å². The van der Waals surface area contributed by atoms with Gasteiger partial charge in [-0.15, -0.1) is 11.3 Å². The van der Waals surface area contributed by atoms with Gasteiger partial charge in [0.25, 0.3) is 5.56 Å². The average Bonchev–Trinajstić information content (AvgIpc) is 3.43. The fourth-order valence-electron chi connectivity index (χ4n) is 3.33. The molecule has 5 rings (SSSR count). The van der Waals surface area contributed by atoms with Crippen molar-refractivity contribution >= 4 is 38.5 Å². The van der Waals surface area contributed by atoms with Crippen molar-refractivity contribution in [1.82, 2.24) is 9.66 Å². The van der Waals surface area contributed by atoms with Crippen LogP contribution in [0.4, 0.5) is 0 Å². The highest BCUT2D eigenvalue weighted by molar-refractivity contribution is 7.17. The van der Waals surface area contributed by atoms with Crippen molar-refractivity contribution in [1.29, 1.82) is 0 Å². The summed E-state index contributed by atoms with van der Waals surface area (Å²) < 4.78 is 12.2. The molecule has 0 aliphatic heterocycles. The topological polar surface area (TPSA) is 69.6 Å². The Balaban J connectivity index is 1.66. The molecule has 7 heteroatoms. The molecule has 2 aromatic carbocycles. The van der Waals surface area contributed by atoms with Crippen LogP contribution in [0, 0.1) is 0 Å². The number of fused-ring (bicyclic) bond motifs is 2. The van der Waals surface area contributed by atoms with E-state index in [1.165, 1.54) is 22.3 Å². The zero-order valence-electron chi connectivity index (χ0n) is 15.4. The molecule has 0 spiro atoms. The number of furan rings is 1. The molecule has 0 bridgehead atoms. The first-order chi connectivity index (χ1) is 14.3. The Morgan fingerprint density at radius 3 is 2.90 bits per heavy atom. The first-order valence-electron chi connectivity index (χ1n) is 8.89. The number of aromatic nitrogens is 2. The molecule has 0 aliphatic carbocycles. The van der Waals surface area contributed by atoms with Gasteiger partial charge in [0.2, 0.25) is 0 Å². The van der Waals surface area contributed by atoms with E-state index in [1.54, 1.807) is 25.7 Å². The Kier molecular flexibility index (Phi) is 4.22. The molecule has 0 radical (unpaired) electrons. The molecule has 3 heterocycles. The first-order valence-corrected chi connectivity index (χ1v) is 9.77. The van der Waals surface area contributed by atoms with Crippen LogP contribution in [-0.4, -0.2) is 23.0 Å². The summed E-state index contributed by atoms with van der Waals surface area (Å²) in [5, 5.41) is 8.82. The van der Waals surface area contributed by atoms with Crippen LogP contribution in [0.3, 0.4) is 0 Å². The van der Waals surface area contributed by atoms with Crippen LogP contribution in [0.5, 0.6) is 5.75 Å². The lowest BCUT2D eigenvalue weighted by atomic mass is 10.0. The minimum absolute atomic E-state index is 0.252. The number of methoxy groups -OCH3 is 1. The smallest absolute Gasteiger partial charge is 0.283 e. The van der Waals surface area contributed by atoms with Crippen LogP contribution >= 0.6 is 11.3 Å². The van der Waals surface area contributed by atoms with Crippen molar-refractivity contribution in [3.63, 3.8) is 0 Å². The van der Waals surface area contributed by atoms with E-state index in [0.717, 1.165) is 21.9 Å². The van der Waals surface area contributed by atoms with Gasteiger partial charge >= 0.3 is 0 Å². The predicted molar refractivity (Wildman–Crippen MR) is 115 cm³/mol. The Morgan fingerprint density at radius 2 is 2.07 bits per heavy atom. The van der Waals surface area contributed by atoms with E-state index < -0.39 is 0 Å². The maximum atomic E-state index is 13.1. The highest BCUT2D eigenvalue weighted by Gasteiger charge is 2.15. The molecule has 0 unspecified atom stereocenters. The number of thiophene rings is 1. The third-order valence-corrected chi connectivity index (χ3v) is 5.61. The van der Waals surface area contributed by atoms with E-state index in [9.17, 15) is 4.79 Å². The summed E-state index contributed by atoms with van der Waals surface area (Å²) in [7, 11) is 1.61. The number of hydrogen-bond acceptors (Lipinski definition) is 6. The highest BCUT2D eigenvalue weighted by atomic mass is 32.1. The maximum absolute atomic E-state index is 13.1. The minimum Gasteiger partial charge on any atom is -0.496 e. The van der Waals surface area contributed by atoms with E-state index in [4.69, 9.17) is 9.15 Å². The van der Waals surface area contributed by atoms with Crippen LogP contribution < -0.4 is 10.3 Å². The molecule has 29 heavy (non-hydrogen) atoms. The van der Waals surface area contributed by atoms with Crippen LogP contribution in [0.15, 0.2) is 80.8 Å². The van der Waals surface area contributed by atoms with Gasteiger partial charge in [-0.25, -0.2) is 4.98 Å². The number of hydrogen-bond donors (Lipinski definition) is 0. The fraction of sp³-hybridized carbons (Fsp3) is 0.0455. The van der Waals surface area contributed by atoms with Gasteiger partial charge in [0, 0.05) is 16.5 Å². The number of benzene rings is 2. The normalized spacial score (nSPS) is 11.6. The van der Waals surface area contributed by atoms with E-state index in [-0.39, 0.29) is 5.56 Å². The van der Waals surface area contributed by atoms with Gasteiger partial charge in [-0.3, -0.25) is 4.79 Å².